The van der Waals surface area contributed by atoms with E-state index in [4.69, 9.17) is 20.0 Å². The summed E-state index contributed by atoms with van der Waals surface area (Å²) in [6, 6.07) is 10.5. The summed E-state index contributed by atoms with van der Waals surface area (Å²) in [6.45, 7) is 0. The van der Waals surface area contributed by atoms with Crippen LogP contribution in [0.5, 0.6) is 0 Å². The monoisotopic (exact) mass is 564 g/mol. The Balaban J connectivity index is -0.000000138. The Morgan fingerprint density at radius 1 is 0.636 bits per heavy atom. The van der Waals surface area contributed by atoms with Crippen LogP contribution >= 0.6 is 15.2 Å². The summed E-state index contributed by atoms with van der Waals surface area (Å²) in [4.78, 5) is 58.9. The maximum absolute atomic E-state index is 10.5. The van der Waals surface area contributed by atoms with E-state index in [0.29, 0.717) is 11.1 Å². The second kappa shape index (κ2) is 17.5. The van der Waals surface area contributed by atoms with Crippen LogP contribution in [0.2, 0.25) is 0 Å². The molecular formula is C16H28NiO14P2+4. The van der Waals surface area contributed by atoms with Gasteiger partial charge in [-0.2, -0.15) is 0 Å². The summed E-state index contributed by atoms with van der Waals surface area (Å²) in [7, 11) is -8.65. The molecule has 2 aromatic rings. The quantitative estimate of drug-likeness (QED) is 0.158. The second-order valence-electron chi connectivity index (χ2n) is 5.60. The van der Waals surface area contributed by atoms with Gasteiger partial charge in [0.05, 0.1) is 11.1 Å². The van der Waals surface area contributed by atoms with Gasteiger partial charge < -0.3 is 60.8 Å². The van der Waals surface area contributed by atoms with Gasteiger partial charge in [-0.3, -0.25) is 0 Å². The van der Waals surface area contributed by atoms with E-state index in [1.165, 1.54) is 48.5 Å². The summed E-state index contributed by atoms with van der Waals surface area (Å²) in [5.74, 6) is -2.16. The van der Waals surface area contributed by atoms with Gasteiger partial charge in [-0.15, -0.1) is 0 Å². The third kappa shape index (κ3) is 18.2. The molecule has 2 atom stereocenters. The van der Waals surface area contributed by atoms with Crippen LogP contribution in [0.1, 0.15) is 31.8 Å². The fraction of sp³-hybridized carbons (Fsp3) is 0.125. The van der Waals surface area contributed by atoms with Crippen LogP contribution in [0, 0.1) is 0 Å². The first kappa shape index (κ1) is 41.3. The van der Waals surface area contributed by atoms with Gasteiger partial charge in [-0.05, 0) is 35.4 Å². The molecule has 0 spiro atoms. The summed E-state index contributed by atoms with van der Waals surface area (Å²) >= 11 is 0. The molecule has 0 saturated carbocycles. The van der Waals surface area contributed by atoms with Crippen LogP contribution in [0.3, 0.4) is 0 Å². The summed E-state index contributed by atoms with van der Waals surface area (Å²) in [6.07, 6.45) is -0.959. The van der Waals surface area contributed by atoms with E-state index in [1.54, 1.807) is 0 Å². The molecule has 17 heteroatoms. The molecule has 33 heavy (non-hydrogen) atoms. The van der Waals surface area contributed by atoms with Gasteiger partial charge in [0.25, 0.3) is 0 Å². The normalized spacial score (nSPS) is 12.5. The summed E-state index contributed by atoms with van der Waals surface area (Å²) in [5.41, 5.74) is 0.867. The standard InChI is InChI=1S/2C8H9O5P.Ni.4H2O/c2*9-8(10)7-3-1-6(2-4-7)5-14(11,12)13;;;;;/h2*1-4H,5H2,(H,9,10)(H2,11,12,13);;4*1H2/q;;+2;;;;/p+2. The van der Waals surface area contributed by atoms with Crippen molar-refractivity contribution in [2.45, 2.75) is 12.3 Å². The SMILES string of the molecule is O=C(O)c1ccc(CP(=O)([O-])O)cc1.O=C(O)c1ccc(CP(=O)([O-])O)cc1.[Ni+2].[OH3+].[OH3+].[OH3+].[OH3+]. The Labute approximate surface area is 197 Å². The number of carboxylic acids is 2. The zero-order valence-electron chi connectivity index (χ0n) is 16.8. The minimum absolute atomic E-state index is 0. The molecule has 0 aliphatic carbocycles. The molecule has 0 aliphatic rings. The predicted molar refractivity (Wildman–Crippen MR) is 113 cm³/mol. The van der Waals surface area contributed by atoms with E-state index in [2.05, 4.69) is 0 Å². The Hall–Kier alpha value is -1.99. The Morgan fingerprint density at radius 3 is 1.00 bits per heavy atom. The summed E-state index contributed by atoms with van der Waals surface area (Å²) < 4.78 is 21.0. The van der Waals surface area contributed by atoms with Gasteiger partial charge in [0.1, 0.15) is 15.2 Å². The molecule has 0 bridgehead atoms. The first-order chi connectivity index (χ1) is 12.8. The molecule has 0 aromatic heterocycles. The minimum atomic E-state index is -4.32. The van der Waals surface area contributed by atoms with Gasteiger partial charge in [-0.25, -0.2) is 9.59 Å². The first-order valence-electron chi connectivity index (χ1n) is 7.47. The van der Waals surface area contributed by atoms with E-state index < -0.39 is 39.5 Å². The van der Waals surface area contributed by atoms with Crippen molar-refractivity contribution in [2.75, 3.05) is 0 Å². The molecule has 2 unspecified atom stereocenters. The maximum Gasteiger partial charge on any atom is 2.00 e. The Bertz CT molecular complexity index is 844. The van der Waals surface area contributed by atoms with Crippen molar-refractivity contribution in [3.8, 4) is 0 Å². The van der Waals surface area contributed by atoms with Crippen molar-refractivity contribution >= 4 is 27.1 Å². The zero-order valence-corrected chi connectivity index (χ0v) is 19.6. The Kier molecular flexibility index (Phi) is 21.9. The van der Waals surface area contributed by atoms with E-state index in [1.807, 2.05) is 0 Å². The third-order valence-electron chi connectivity index (χ3n) is 3.17. The molecule has 0 amide bonds. The number of benzene rings is 2. The van der Waals surface area contributed by atoms with Crippen molar-refractivity contribution in [3.63, 3.8) is 0 Å². The molecule has 0 radical (unpaired) electrons. The molecule has 0 saturated heterocycles. The molecular weight excluding hydrogens is 537 g/mol. The third-order valence-corrected chi connectivity index (χ3v) is 4.70. The van der Waals surface area contributed by atoms with Crippen LogP contribution in [0.4, 0.5) is 0 Å². The van der Waals surface area contributed by atoms with Gasteiger partial charge in [0, 0.05) is 12.3 Å². The van der Waals surface area contributed by atoms with E-state index in [-0.39, 0.29) is 49.5 Å². The number of carboxylic acid groups (broad SMARTS) is 2. The van der Waals surface area contributed by atoms with Crippen molar-refractivity contribution in [1.82, 2.24) is 0 Å². The van der Waals surface area contributed by atoms with E-state index >= 15 is 0 Å². The number of aromatic carboxylic acids is 2. The first-order valence-corrected chi connectivity index (χ1v) is 11.0. The van der Waals surface area contributed by atoms with Crippen molar-refractivity contribution in [2.24, 2.45) is 0 Å². The van der Waals surface area contributed by atoms with Crippen LogP contribution in [0.15, 0.2) is 48.5 Å². The van der Waals surface area contributed by atoms with Crippen LogP contribution in [0.25, 0.3) is 0 Å². The predicted octanol–water partition coefficient (Wildman–Crippen LogP) is -2.83. The fourth-order valence-corrected chi connectivity index (χ4v) is 3.31. The molecule has 14 nitrogen and oxygen atoms in total. The second-order valence-corrected chi connectivity index (χ2v) is 8.78. The van der Waals surface area contributed by atoms with E-state index in [0.717, 1.165) is 0 Å². The van der Waals surface area contributed by atoms with Gasteiger partial charge in [0.2, 0.25) is 0 Å². The smallest absolute Gasteiger partial charge is 0.778 e. The number of rotatable bonds is 6. The van der Waals surface area contributed by atoms with Gasteiger partial charge in [-0.1, -0.05) is 24.3 Å². The molecule has 0 heterocycles. The van der Waals surface area contributed by atoms with Gasteiger partial charge in [0.15, 0.2) is 0 Å². The fourth-order valence-electron chi connectivity index (χ4n) is 1.97. The van der Waals surface area contributed by atoms with Crippen LogP contribution < -0.4 is 9.79 Å². The molecule has 192 valence electrons. The number of hydrogen-bond donors (Lipinski definition) is 4. The minimum Gasteiger partial charge on any atom is -0.778 e. The largest absolute Gasteiger partial charge is 2.00 e. The average molecular weight is 565 g/mol. The van der Waals surface area contributed by atoms with Crippen molar-refractivity contribution in [3.05, 3.63) is 70.8 Å². The van der Waals surface area contributed by atoms with Crippen LogP contribution in [-0.4, -0.2) is 31.9 Å². The molecule has 2 aromatic carbocycles. The molecule has 16 N–H and O–H groups in total. The topological polar surface area (TPSA) is 327 Å². The Morgan fingerprint density at radius 2 is 0.848 bits per heavy atom. The zero-order chi connectivity index (χ0) is 21.5. The average Bonchev–Trinajstić information content (AvgIpc) is 2.53. The number of hydrogen-bond acceptors (Lipinski definition) is 6. The molecule has 2 rings (SSSR count). The van der Waals surface area contributed by atoms with Crippen molar-refractivity contribution in [1.29, 1.82) is 0 Å². The molecule has 0 fully saturated rings. The van der Waals surface area contributed by atoms with Crippen LogP contribution in [-0.2, 0) is 59.9 Å². The van der Waals surface area contributed by atoms with Crippen molar-refractivity contribution < 1.29 is 86.9 Å². The van der Waals surface area contributed by atoms with Gasteiger partial charge >= 0.3 is 28.4 Å². The maximum atomic E-state index is 10.5. The molecule has 0 aliphatic heterocycles. The van der Waals surface area contributed by atoms with E-state index in [9.17, 15) is 28.5 Å². The number of carbonyl (C=O) groups is 2. The summed E-state index contributed by atoms with van der Waals surface area (Å²) in [5, 5.41) is 17.1.